The van der Waals surface area contributed by atoms with Crippen LogP contribution in [0, 0.1) is 0 Å². The largest absolute Gasteiger partial charge is 0.480 e. The first-order chi connectivity index (χ1) is 11.1. The van der Waals surface area contributed by atoms with E-state index < -0.39 is 29.2 Å². The predicted octanol–water partition coefficient (Wildman–Crippen LogP) is -1.35. The highest BCUT2D eigenvalue weighted by Crippen LogP contribution is 2.21. The first-order valence-electron chi connectivity index (χ1n) is 6.90. The van der Waals surface area contributed by atoms with E-state index in [9.17, 15) is 19.2 Å². The van der Waals surface area contributed by atoms with Gasteiger partial charge in [0.15, 0.2) is 16.3 Å². The van der Waals surface area contributed by atoms with Crippen LogP contribution in [0.4, 0.5) is 0 Å². The molecular formula is C13H17N5O5S. The molecular weight excluding hydrogens is 338 g/mol. The zero-order chi connectivity index (χ0) is 18.2. The molecule has 0 fully saturated rings. The van der Waals surface area contributed by atoms with Gasteiger partial charge in [0, 0.05) is 33.8 Å². The van der Waals surface area contributed by atoms with E-state index in [0.29, 0.717) is 10.8 Å². The fraction of sp³-hybridized carbons (Fsp3) is 0.462. The van der Waals surface area contributed by atoms with Crippen molar-refractivity contribution in [1.82, 2.24) is 24.0 Å². The lowest BCUT2D eigenvalue weighted by atomic mass is 10.3. The number of carbonyl (C=O) groups excluding carboxylic acids is 1. The molecule has 24 heavy (non-hydrogen) atoms. The van der Waals surface area contributed by atoms with Crippen LogP contribution >= 0.6 is 11.8 Å². The van der Waals surface area contributed by atoms with Crippen LogP contribution in [-0.4, -0.2) is 47.5 Å². The fourth-order valence-electron chi connectivity index (χ4n) is 2.27. The second-order valence-electron chi connectivity index (χ2n) is 5.23. The summed E-state index contributed by atoms with van der Waals surface area (Å²) in [6.45, 7) is 1.23. The van der Waals surface area contributed by atoms with Crippen LogP contribution in [0.3, 0.4) is 0 Å². The maximum absolute atomic E-state index is 12.2. The van der Waals surface area contributed by atoms with Gasteiger partial charge in [-0.25, -0.2) is 14.6 Å². The highest BCUT2D eigenvalue weighted by Gasteiger charge is 2.22. The maximum atomic E-state index is 12.2. The van der Waals surface area contributed by atoms with Gasteiger partial charge in [0.1, 0.15) is 6.04 Å². The molecule has 0 radical (unpaired) electrons. The Morgan fingerprint density at radius 2 is 1.83 bits per heavy atom. The molecule has 1 atom stereocenters. The van der Waals surface area contributed by atoms with Crippen molar-refractivity contribution in [2.24, 2.45) is 21.1 Å². The number of imidazole rings is 1. The average molecular weight is 355 g/mol. The maximum Gasteiger partial charge on any atom is 0.332 e. The SMILES string of the molecule is CC(=O)N[C@@H](CSc1nc2c(=O)n(C)c(=O)n(C)c2n1C)C(=O)O. The number of hydrogen-bond donors (Lipinski definition) is 2. The highest BCUT2D eigenvalue weighted by atomic mass is 32.2. The van der Waals surface area contributed by atoms with Gasteiger partial charge in [-0.3, -0.25) is 18.7 Å². The van der Waals surface area contributed by atoms with Gasteiger partial charge >= 0.3 is 11.7 Å². The fourth-order valence-corrected chi connectivity index (χ4v) is 3.24. The molecule has 2 aromatic rings. The Morgan fingerprint density at radius 3 is 2.38 bits per heavy atom. The number of aryl methyl sites for hydroxylation is 2. The molecule has 0 spiro atoms. The Hall–Kier alpha value is -2.56. The second-order valence-corrected chi connectivity index (χ2v) is 6.22. The third-order valence-corrected chi connectivity index (χ3v) is 4.60. The summed E-state index contributed by atoms with van der Waals surface area (Å²) < 4.78 is 3.81. The van der Waals surface area contributed by atoms with Gasteiger partial charge < -0.3 is 15.0 Å². The van der Waals surface area contributed by atoms with Crippen LogP contribution < -0.4 is 16.6 Å². The van der Waals surface area contributed by atoms with Gasteiger partial charge in [0.05, 0.1) is 0 Å². The van der Waals surface area contributed by atoms with Gasteiger partial charge in [-0.05, 0) is 0 Å². The third kappa shape index (κ3) is 3.07. The number of carboxylic acids is 1. The molecule has 2 heterocycles. The molecule has 0 saturated heterocycles. The van der Waals surface area contributed by atoms with Crippen molar-refractivity contribution in [3.63, 3.8) is 0 Å². The average Bonchev–Trinajstić information content (AvgIpc) is 2.83. The van der Waals surface area contributed by atoms with E-state index in [1.165, 1.54) is 25.6 Å². The first-order valence-corrected chi connectivity index (χ1v) is 7.88. The first kappa shape index (κ1) is 17.8. The molecule has 0 aromatic carbocycles. The number of carboxylic acid groups (broad SMARTS) is 1. The van der Waals surface area contributed by atoms with Crippen molar-refractivity contribution in [3.8, 4) is 0 Å². The van der Waals surface area contributed by atoms with Crippen LogP contribution in [0.25, 0.3) is 11.2 Å². The summed E-state index contributed by atoms with van der Waals surface area (Å²) in [7, 11) is 4.52. The number of amides is 1. The second kappa shape index (κ2) is 6.51. The van der Waals surface area contributed by atoms with Crippen LogP contribution in [0.5, 0.6) is 0 Å². The lowest BCUT2D eigenvalue weighted by Crippen LogP contribution is -2.41. The number of fused-ring (bicyclic) bond motifs is 1. The number of nitrogens with one attached hydrogen (secondary N) is 1. The molecule has 0 saturated carbocycles. The Balaban J connectivity index is 2.43. The van der Waals surface area contributed by atoms with Gasteiger partial charge in [-0.15, -0.1) is 0 Å². The topological polar surface area (TPSA) is 128 Å². The van der Waals surface area contributed by atoms with E-state index >= 15 is 0 Å². The van der Waals surface area contributed by atoms with Crippen molar-refractivity contribution in [1.29, 1.82) is 0 Å². The van der Waals surface area contributed by atoms with E-state index in [-0.39, 0.29) is 11.3 Å². The minimum atomic E-state index is -1.17. The van der Waals surface area contributed by atoms with Gasteiger partial charge in [-0.2, -0.15) is 0 Å². The van der Waals surface area contributed by atoms with E-state index in [2.05, 4.69) is 10.3 Å². The number of thioether (sulfide) groups is 1. The summed E-state index contributed by atoms with van der Waals surface area (Å²) in [5, 5.41) is 11.8. The number of carbonyl (C=O) groups is 2. The number of rotatable bonds is 5. The molecule has 10 nitrogen and oxygen atoms in total. The minimum absolute atomic E-state index is 0.0281. The Morgan fingerprint density at radius 1 is 1.21 bits per heavy atom. The summed E-state index contributed by atoms with van der Waals surface area (Å²) in [5.74, 6) is -1.59. The van der Waals surface area contributed by atoms with E-state index in [0.717, 1.165) is 16.3 Å². The van der Waals surface area contributed by atoms with Crippen LogP contribution in [0.2, 0.25) is 0 Å². The van der Waals surface area contributed by atoms with Crippen LogP contribution in [-0.2, 0) is 30.7 Å². The van der Waals surface area contributed by atoms with Crippen molar-refractivity contribution in [2.45, 2.75) is 18.1 Å². The van der Waals surface area contributed by atoms with Gasteiger partial charge in [0.2, 0.25) is 5.91 Å². The quantitative estimate of drug-likeness (QED) is 0.635. The molecule has 11 heteroatoms. The standard InChI is InChI=1S/C13H17N5O5S/c1-6(19)14-7(11(21)22)5-24-12-15-8-9(16(12)2)17(3)13(23)18(4)10(8)20/h7H,5H2,1-4H3,(H,14,19)(H,21,22)/t7-/m0/s1. The van der Waals surface area contributed by atoms with Crippen molar-refractivity contribution in [3.05, 3.63) is 20.8 Å². The zero-order valence-corrected chi connectivity index (χ0v) is 14.4. The Bertz CT molecular complexity index is 941. The number of aromatic nitrogens is 4. The van der Waals surface area contributed by atoms with E-state index in [1.807, 2.05) is 0 Å². The summed E-state index contributed by atoms with van der Waals surface area (Å²) in [4.78, 5) is 50.6. The predicted molar refractivity (Wildman–Crippen MR) is 87.2 cm³/mol. The monoisotopic (exact) mass is 355 g/mol. The van der Waals surface area contributed by atoms with Crippen molar-refractivity contribution < 1.29 is 14.7 Å². The lowest BCUT2D eigenvalue weighted by Gasteiger charge is -2.12. The number of hydrogen-bond acceptors (Lipinski definition) is 6. The molecule has 0 aliphatic rings. The van der Waals surface area contributed by atoms with E-state index in [4.69, 9.17) is 5.11 Å². The van der Waals surface area contributed by atoms with E-state index in [1.54, 1.807) is 11.6 Å². The Kier molecular flexibility index (Phi) is 4.83. The van der Waals surface area contributed by atoms with Crippen LogP contribution in [0.1, 0.15) is 6.92 Å². The molecule has 2 N–H and O–H groups in total. The summed E-state index contributed by atoms with van der Waals surface area (Å²) in [6, 6.07) is -1.08. The minimum Gasteiger partial charge on any atom is -0.480 e. The smallest absolute Gasteiger partial charge is 0.332 e. The van der Waals surface area contributed by atoms with Gasteiger partial charge in [-0.1, -0.05) is 11.8 Å². The molecule has 0 bridgehead atoms. The summed E-state index contributed by atoms with van der Waals surface area (Å²) >= 11 is 1.07. The molecule has 2 aromatic heterocycles. The number of aliphatic carboxylic acids is 1. The van der Waals surface area contributed by atoms with Crippen molar-refractivity contribution in [2.75, 3.05) is 5.75 Å². The van der Waals surface area contributed by atoms with Gasteiger partial charge in [0.25, 0.3) is 5.56 Å². The molecule has 0 aliphatic carbocycles. The lowest BCUT2D eigenvalue weighted by molar-refractivity contribution is -0.140. The molecule has 2 rings (SSSR count). The van der Waals surface area contributed by atoms with Crippen molar-refractivity contribution >= 4 is 34.8 Å². The highest BCUT2D eigenvalue weighted by molar-refractivity contribution is 7.99. The zero-order valence-electron chi connectivity index (χ0n) is 13.6. The molecule has 0 aliphatic heterocycles. The number of nitrogens with zero attached hydrogens (tertiary/aromatic N) is 4. The van der Waals surface area contributed by atoms with Crippen LogP contribution in [0.15, 0.2) is 14.7 Å². The molecule has 1 amide bonds. The third-order valence-electron chi connectivity index (χ3n) is 3.48. The summed E-state index contributed by atoms with van der Waals surface area (Å²) in [5.41, 5.74) is -0.533. The normalized spacial score (nSPS) is 12.3. The molecule has 130 valence electrons. The summed E-state index contributed by atoms with van der Waals surface area (Å²) in [6.07, 6.45) is 0. The Labute approximate surface area is 140 Å². The molecule has 0 unspecified atom stereocenters.